The standard InChI is InChI=1S/C42H47N5O7SSi/c1-41(2,3)56(6,7)54-37-36(53-40(55)45-25-22-43-28-45)34(52-38(37)47-24-21-35(48)46-26-23-44-39(46)47)27-51-42(29-11-9-8-10-12-29,30-13-17-32(49-4)18-14-30)31-15-19-33(50-5)20-16-31/h8-26,28,34,36-38H,27H2,1-7H3/t34-,36-,37-,38-/m1/s1. The summed E-state index contributed by atoms with van der Waals surface area (Å²) in [5.41, 5.74) is 1.27. The zero-order chi connectivity index (χ0) is 39.7. The molecule has 0 amide bonds. The van der Waals surface area contributed by atoms with Crippen molar-refractivity contribution in [1.29, 1.82) is 0 Å². The van der Waals surface area contributed by atoms with Gasteiger partial charge >= 0.3 is 0 Å². The molecule has 3 aromatic carbocycles. The van der Waals surface area contributed by atoms with E-state index >= 15 is 0 Å². The molecule has 3 aromatic heterocycles. The lowest BCUT2D eigenvalue weighted by molar-refractivity contribution is -0.0930. The van der Waals surface area contributed by atoms with Crippen LogP contribution in [0.3, 0.4) is 0 Å². The molecule has 1 aliphatic rings. The molecule has 56 heavy (non-hydrogen) atoms. The molecule has 0 unspecified atom stereocenters. The van der Waals surface area contributed by atoms with Gasteiger partial charge in [0.05, 0.1) is 20.8 Å². The van der Waals surface area contributed by atoms with Gasteiger partial charge in [0.1, 0.15) is 35.6 Å². The van der Waals surface area contributed by atoms with E-state index in [2.05, 4.69) is 43.8 Å². The van der Waals surface area contributed by atoms with E-state index in [0.29, 0.717) is 17.3 Å². The molecule has 4 atom stereocenters. The fraction of sp³-hybridized carbons (Fsp3) is 0.333. The zero-order valence-electron chi connectivity index (χ0n) is 32.6. The Morgan fingerprint density at radius 2 is 1.45 bits per heavy atom. The first-order valence-electron chi connectivity index (χ1n) is 18.4. The molecule has 0 aliphatic carbocycles. The number of imidazole rings is 2. The van der Waals surface area contributed by atoms with Crippen LogP contribution in [0.1, 0.15) is 43.7 Å². The highest BCUT2D eigenvalue weighted by Gasteiger charge is 2.54. The number of fused-ring (bicyclic) bond motifs is 1. The van der Waals surface area contributed by atoms with Crippen molar-refractivity contribution in [1.82, 2.24) is 23.5 Å². The normalized spacial score (nSPS) is 18.9. The molecule has 1 fully saturated rings. The summed E-state index contributed by atoms with van der Waals surface area (Å²) >= 11 is 5.87. The molecule has 0 bridgehead atoms. The number of hydrogen-bond donors (Lipinski definition) is 0. The number of nitrogens with zero attached hydrogens (tertiary/aromatic N) is 5. The molecule has 292 valence electrons. The third-order valence-corrected chi connectivity index (χ3v) is 15.6. The summed E-state index contributed by atoms with van der Waals surface area (Å²) in [6.07, 6.45) is 6.86. The predicted molar refractivity (Wildman–Crippen MR) is 219 cm³/mol. The number of aromatic nitrogens is 5. The summed E-state index contributed by atoms with van der Waals surface area (Å²) in [4.78, 5) is 21.7. The maximum Gasteiger partial charge on any atom is 0.269 e. The highest BCUT2D eigenvalue weighted by Crippen LogP contribution is 2.46. The van der Waals surface area contributed by atoms with Gasteiger partial charge in [-0.1, -0.05) is 75.4 Å². The van der Waals surface area contributed by atoms with Crippen LogP contribution >= 0.6 is 12.2 Å². The summed E-state index contributed by atoms with van der Waals surface area (Å²) in [6, 6.07) is 27.3. The van der Waals surface area contributed by atoms with E-state index in [-0.39, 0.29) is 22.4 Å². The molecule has 0 N–H and O–H groups in total. The first-order valence-corrected chi connectivity index (χ1v) is 21.7. The maximum atomic E-state index is 12.9. The fourth-order valence-corrected chi connectivity index (χ4v) is 8.33. The van der Waals surface area contributed by atoms with Crippen molar-refractivity contribution in [3.63, 3.8) is 0 Å². The fourth-order valence-electron chi connectivity index (χ4n) is 6.83. The lowest BCUT2D eigenvalue weighted by atomic mass is 9.80. The minimum atomic E-state index is -2.52. The second-order valence-electron chi connectivity index (χ2n) is 15.2. The van der Waals surface area contributed by atoms with E-state index in [9.17, 15) is 4.79 Å². The monoisotopic (exact) mass is 793 g/mol. The van der Waals surface area contributed by atoms with Gasteiger partial charge in [-0.25, -0.2) is 9.97 Å². The van der Waals surface area contributed by atoms with E-state index in [0.717, 1.165) is 16.7 Å². The predicted octanol–water partition coefficient (Wildman–Crippen LogP) is 7.22. The molecule has 4 heterocycles. The van der Waals surface area contributed by atoms with Crippen molar-refractivity contribution in [2.24, 2.45) is 0 Å². The Labute approximate surface area is 332 Å². The van der Waals surface area contributed by atoms with Crippen molar-refractivity contribution in [3.8, 4) is 11.5 Å². The average Bonchev–Trinajstić information content (AvgIpc) is 3.98. The van der Waals surface area contributed by atoms with Gasteiger partial charge < -0.3 is 28.1 Å². The van der Waals surface area contributed by atoms with Crippen LogP contribution in [0.15, 0.2) is 127 Å². The van der Waals surface area contributed by atoms with Crippen LogP contribution in [0, 0.1) is 0 Å². The largest absolute Gasteiger partial charge is 0.497 e. The van der Waals surface area contributed by atoms with E-state index < -0.39 is 38.5 Å². The molecule has 1 aliphatic heterocycles. The topological polar surface area (TPSA) is 113 Å². The molecule has 12 nitrogen and oxygen atoms in total. The van der Waals surface area contributed by atoms with Crippen molar-refractivity contribution in [3.05, 3.63) is 149 Å². The quantitative estimate of drug-likeness (QED) is 0.0715. The third-order valence-electron chi connectivity index (χ3n) is 10.9. The Balaban J connectivity index is 1.38. The average molecular weight is 794 g/mol. The molecule has 6 aromatic rings. The number of hydrogen-bond acceptors (Lipinski definition) is 10. The Morgan fingerprint density at radius 1 is 0.821 bits per heavy atom. The van der Waals surface area contributed by atoms with Crippen LogP contribution in [0.2, 0.25) is 18.1 Å². The minimum absolute atomic E-state index is 0.0307. The van der Waals surface area contributed by atoms with Gasteiger partial charge in [0.15, 0.2) is 20.6 Å². The van der Waals surface area contributed by atoms with Crippen molar-refractivity contribution in [2.75, 3.05) is 20.8 Å². The second kappa shape index (κ2) is 15.8. The van der Waals surface area contributed by atoms with Gasteiger partial charge in [0.2, 0.25) is 5.78 Å². The number of rotatable bonds is 12. The molecule has 0 spiro atoms. The minimum Gasteiger partial charge on any atom is -0.497 e. The summed E-state index contributed by atoms with van der Waals surface area (Å²) in [7, 11) is 0.765. The molecule has 1 saturated heterocycles. The van der Waals surface area contributed by atoms with Crippen LogP contribution < -0.4 is 15.0 Å². The van der Waals surface area contributed by atoms with E-state index in [1.54, 1.807) is 56.1 Å². The van der Waals surface area contributed by atoms with Gasteiger partial charge in [-0.05, 0) is 71.3 Å². The number of benzene rings is 3. The van der Waals surface area contributed by atoms with Crippen molar-refractivity contribution >= 4 is 31.5 Å². The lowest BCUT2D eigenvalue weighted by Gasteiger charge is -2.41. The smallest absolute Gasteiger partial charge is 0.269 e. The first-order chi connectivity index (χ1) is 26.9. The van der Waals surface area contributed by atoms with Crippen molar-refractivity contribution in [2.45, 2.75) is 69.0 Å². The van der Waals surface area contributed by atoms with Crippen LogP contribution in [-0.2, 0) is 24.2 Å². The zero-order valence-corrected chi connectivity index (χ0v) is 34.4. The Bertz CT molecular complexity index is 2260. The van der Waals surface area contributed by atoms with Gasteiger partial charge in [0, 0.05) is 37.1 Å². The molecule has 7 rings (SSSR count). The second-order valence-corrected chi connectivity index (χ2v) is 20.3. The van der Waals surface area contributed by atoms with Crippen LogP contribution in [0.4, 0.5) is 0 Å². The molecule has 14 heteroatoms. The van der Waals surface area contributed by atoms with Gasteiger partial charge in [0.25, 0.3) is 10.7 Å². The van der Waals surface area contributed by atoms with Gasteiger partial charge in [-0.3, -0.25) is 18.3 Å². The van der Waals surface area contributed by atoms with E-state index in [1.165, 1.54) is 10.5 Å². The third kappa shape index (κ3) is 7.42. The van der Waals surface area contributed by atoms with Gasteiger partial charge in [-0.2, -0.15) is 0 Å². The van der Waals surface area contributed by atoms with Crippen LogP contribution in [-0.4, -0.2) is 76.1 Å². The molecular formula is C42H47N5O7SSi. The summed E-state index contributed by atoms with van der Waals surface area (Å²) in [5.74, 6) is 1.83. The van der Waals surface area contributed by atoms with Crippen LogP contribution in [0.25, 0.3) is 5.78 Å². The maximum absolute atomic E-state index is 12.9. The summed E-state index contributed by atoms with van der Waals surface area (Å²) < 4.78 is 44.5. The number of methoxy groups -OCH3 is 2. The molecular weight excluding hydrogens is 747 g/mol. The van der Waals surface area contributed by atoms with E-state index in [4.69, 9.17) is 40.3 Å². The highest BCUT2D eigenvalue weighted by molar-refractivity contribution is 7.80. The summed E-state index contributed by atoms with van der Waals surface area (Å²) in [5, 5.41) is 0.00917. The number of ether oxygens (including phenoxy) is 5. The summed E-state index contributed by atoms with van der Waals surface area (Å²) in [6.45, 7) is 10.9. The first kappa shape index (κ1) is 39.1. The Kier molecular flexibility index (Phi) is 11.0. The number of thiocarbonyl (C=S) groups is 1. The molecule has 0 saturated carbocycles. The van der Waals surface area contributed by atoms with Crippen LogP contribution in [0.5, 0.6) is 11.5 Å². The Morgan fingerprint density at radius 3 is 2.02 bits per heavy atom. The van der Waals surface area contributed by atoms with E-state index in [1.807, 2.05) is 83.4 Å². The SMILES string of the molecule is COc1ccc(C(OC[C@H]2O[C@@H](n3ccc(=O)n4ccnc34)[C@H](O[Si](C)(C)C(C)(C)C)[C@@H]2OC(=S)n2ccnc2)(c2ccccc2)c2ccc(OC)cc2)cc1. The molecule has 0 radical (unpaired) electrons. The van der Waals surface area contributed by atoms with Crippen molar-refractivity contribution < 1.29 is 28.1 Å². The highest BCUT2D eigenvalue weighted by atomic mass is 32.1. The Hall–Kier alpha value is -5.12. The lowest BCUT2D eigenvalue weighted by Crippen LogP contribution is -2.50. The van der Waals surface area contributed by atoms with Gasteiger partial charge in [-0.15, -0.1) is 0 Å².